The van der Waals surface area contributed by atoms with Crippen molar-refractivity contribution in [3.05, 3.63) is 0 Å². The smallest absolute Gasteiger partial charge is 0.125 e. The Bertz CT molecular complexity index is 341. The second-order valence-corrected chi connectivity index (χ2v) is 15.9. The minimum Gasteiger partial charge on any atom is -0.179 e. The van der Waals surface area contributed by atoms with Gasteiger partial charge in [0.2, 0.25) is 0 Å². The van der Waals surface area contributed by atoms with Crippen LogP contribution in [-0.4, -0.2) is 20.3 Å². The molecule has 258 valence electrons. The van der Waals surface area contributed by atoms with E-state index in [1.807, 2.05) is 0 Å². The number of unbranched alkanes of at least 4 members (excludes halogenated alkanes) is 29. The van der Waals surface area contributed by atoms with Gasteiger partial charge < -0.3 is 0 Å². The van der Waals surface area contributed by atoms with E-state index in [0.29, 0.717) is 0 Å². The van der Waals surface area contributed by atoms with Crippen LogP contribution in [0, 0.1) is 0 Å². The molecular formula is C38H83ClS2Si. The van der Waals surface area contributed by atoms with E-state index in [-0.39, 0.29) is 8.83 Å². The van der Waals surface area contributed by atoms with Crippen molar-refractivity contribution >= 4 is 45.2 Å². The van der Waals surface area contributed by atoms with Crippen molar-refractivity contribution in [2.75, 3.05) is 11.5 Å². The zero-order valence-electron chi connectivity index (χ0n) is 29.7. The third-order valence-electron chi connectivity index (χ3n) is 8.26. The predicted molar refractivity (Wildman–Crippen MR) is 212 cm³/mol. The summed E-state index contributed by atoms with van der Waals surface area (Å²) in [4.78, 5) is 0. The van der Waals surface area contributed by atoms with Crippen LogP contribution in [0.1, 0.15) is 226 Å². The van der Waals surface area contributed by atoms with E-state index >= 15 is 0 Å². The molecule has 0 N–H and O–H groups in total. The lowest BCUT2D eigenvalue weighted by atomic mass is 10.1. The molecule has 0 rings (SSSR count). The van der Waals surface area contributed by atoms with Gasteiger partial charge in [0.05, 0.1) is 0 Å². The minimum atomic E-state index is -0.172. The van der Waals surface area contributed by atoms with Gasteiger partial charge in [-0.05, 0) is 30.4 Å². The van der Waals surface area contributed by atoms with Crippen LogP contribution in [0.2, 0.25) is 6.04 Å². The first-order valence-corrected chi connectivity index (χ1v) is 23.9. The Labute approximate surface area is 287 Å². The maximum Gasteiger partial charge on any atom is 0.125 e. The van der Waals surface area contributed by atoms with Crippen LogP contribution < -0.4 is 0 Å². The number of hydrogen-bond acceptors (Lipinski definition) is 2. The summed E-state index contributed by atoms with van der Waals surface area (Å²) in [5, 5.41) is 0. The Morgan fingerprint density at radius 2 is 0.500 bits per heavy atom. The topological polar surface area (TPSA) is 0 Å². The highest BCUT2D eigenvalue weighted by molar-refractivity contribution is 7.80. The monoisotopic (exact) mass is 667 g/mol. The van der Waals surface area contributed by atoms with Crippen LogP contribution in [0.3, 0.4) is 0 Å². The Kier molecular flexibility index (Phi) is 58.7. The normalized spacial score (nSPS) is 11.0. The minimum absolute atomic E-state index is 0.172. The summed E-state index contributed by atoms with van der Waals surface area (Å²) in [6.45, 7) is 6.83. The average Bonchev–Trinajstić information content (AvgIpc) is 3.01. The van der Waals surface area contributed by atoms with Crippen molar-refractivity contribution in [1.29, 1.82) is 0 Å². The predicted octanol–water partition coefficient (Wildman–Crippen LogP) is 15.1. The summed E-state index contributed by atoms with van der Waals surface area (Å²) in [6, 6.07) is 1.35. The van der Waals surface area contributed by atoms with Crippen molar-refractivity contribution in [3.63, 3.8) is 0 Å². The van der Waals surface area contributed by atoms with Crippen molar-refractivity contribution in [2.24, 2.45) is 0 Å². The van der Waals surface area contributed by atoms with Crippen LogP contribution >= 0.6 is 36.3 Å². The van der Waals surface area contributed by atoms with Crippen LogP contribution in [0.15, 0.2) is 0 Å². The van der Waals surface area contributed by atoms with Gasteiger partial charge in [-0.1, -0.05) is 213 Å². The molecule has 0 aromatic heterocycles. The first-order valence-electron chi connectivity index (χ1n) is 19.5. The highest BCUT2D eigenvalue weighted by Crippen LogP contribution is 2.13. The largest absolute Gasteiger partial charge is 0.179 e. The zero-order valence-corrected chi connectivity index (χ0v) is 33.7. The lowest BCUT2D eigenvalue weighted by Crippen LogP contribution is -1.83. The molecule has 0 aliphatic rings. The number of halogens is 1. The Morgan fingerprint density at radius 1 is 0.310 bits per heavy atom. The van der Waals surface area contributed by atoms with E-state index in [1.54, 1.807) is 0 Å². The molecule has 0 unspecified atom stereocenters. The molecule has 0 saturated heterocycles. The SMILES string of the molecule is CCCCCCCCCCCCCC[SiH2]Cl.CCCCCCCCCCCCS.CCCCCCCCCCCCS. The summed E-state index contributed by atoms with van der Waals surface area (Å²) in [7, 11) is -0.172. The molecule has 4 heteroatoms. The molecule has 0 amide bonds. The number of rotatable bonds is 33. The Hall–Kier alpha value is 1.21. The first-order chi connectivity index (χ1) is 20.7. The molecule has 0 fully saturated rings. The lowest BCUT2D eigenvalue weighted by Gasteiger charge is -2.02. The molecule has 42 heavy (non-hydrogen) atoms. The first kappa shape index (κ1) is 47.6. The van der Waals surface area contributed by atoms with Crippen LogP contribution in [-0.2, 0) is 0 Å². The molecule has 0 heterocycles. The van der Waals surface area contributed by atoms with Crippen molar-refractivity contribution < 1.29 is 0 Å². The second kappa shape index (κ2) is 51.8. The summed E-state index contributed by atoms with van der Waals surface area (Å²) >= 11 is 14.2. The van der Waals surface area contributed by atoms with Crippen LogP contribution in [0.4, 0.5) is 0 Å². The average molecular weight is 668 g/mol. The van der Waals surface area contributed by atoms with Crippen molar-refractivity contribution in [2.45, 2.75) is 232 Å². The molecular weight excluding hydrogens is 584 g/mol. The van der Waals surface area contributed by atoms with E-state index in [9.17, 15) is 0 Å². The van der Waals surface area contributed by atoms with Gasteiger partial charge in [-0.15, -0.1) is 0 Å². The maximum atomic E-state index is 5.77. The fourth-order valence-electron chi connectivity index (χ4n) is 5.31. The number of hydrogen-bond donors (Lipinski definition) is 2. The third-order valence-corrected chi connectivity index (χ3v) is 10.5. The van der Waals surface area contributed by atoms with Gasteiger partial charge in [-0.25, -0.2) is 0 Å². The van der Waals surface area contributed by atoms with Gasteiger partial charge in [-0.3, -0.25) is 0 Å². The molecule has 0 saturated carbocycles. The van der Waals surface area contributed by atoms with E-state index in [1.165, 1.54) is 212 Å². The fraction of sp³-hybridized carbons (Fsp3) is 1.00. The molecule has 0 aromatic carbocycles. The van der Waals surface area contributed by atoms with Crippen LogP contribution in [0.5, 0.6) is 0 Å². The van der Waals surface area contributed by atoms with Crippen LogP contribution in [0.25, 0.3) is 0 Å². The lowest BCUT2D eigenvalue weighted by molar-refractivity contribution is 0.548. The summed E-state index contributed by atoms with van der Waals surface area (Å²) in [5.74, 6) is 2.13. The zero-order chi connectivity index (χ0) is 31.5. The van der Waals surface area contributed by atoms with E-state index in [0.717, 1.165) is 11.5 Å². The number of thiol groups is 2. The van der Waals surface area contributed by atoms with Gasteiger partial charge in [0.25, 0.3) is 0 Å². The molecule has 0 atom stereocenters. The van der Waals surface area contributed by atoms with E-state index < -0.39 is 0 Å². The van der Waals surface area contributed by atoms with Crippen molar-refractivity contribution in [3.8, 4) is 0 Å². The van der Waals surface area contributed by atoms with E-state index in [4.69, 9.17) is 11.1 Å². The van der Waals surface area contributed by atoms with Crippen molar-refractivity contribution in [1.82, 2.24) is 0 Å². The van der Waals surface area contributed by atoms with Gasteiger partial charge in [-0.2, -0.15) is 36.3 Å². The standard InChI is InChI=1S/C14H31ClSi.2C12H26S/c1-2-3-4-5-6-7-8-9-10-11-12-13-14-16-15;2*1-2-3-4-5-6-7-8-9-10-11-12-13/h2-14,16H2,1H3;2*13H,2-12H2,1H3. The summed E-state index contributed by atoms with van der Waals surface area (Å²) in [6.07, 6.45) is 45.7. The highest BCUT2D eigenvalue weighted by atomic mass is 35.6. The molecule has 0 aromatic rings. The molecule has 0 aliphatic carbocycles. The molecule has 0 bridgehead atoms. The maximum absolute atomic E-state index is 5.77. The fourth-order valence-corrected chi connectivity index (χ4v) is 6.87. The van der Waals surface area contributed by atoms with E-state index in [2.05, 4.69) is 46.0 Å². The Balaban J connectivity index is -0.000000548. The third kappa shape index (κ3) is 56.9. The van der Waals surface area contributed by atoms with Gasteiger partial charge in [0.15, 0.2) is 0 Å². The van der Waals surface area contributed by atoms with Gasteiger partial charge in [0.1, 0.15) is 8.83 Å². The Morgan fingerprint density at radius 3 is 0.690 bits per heavy atom. The van der Waals surface area contributed by atoms with Gasteiger partial charge in [0, 0.05) is 0 Å². The molecule has 0 aliphatic heterocycles. The summed E-state index contributed by atoms with van der Waals surface area (Å²) in [5.41, 5.74) is 0. The molecule has 0 spiro atoms. The quantitative estimate of drug-likeness (QED) is 0.0296. The van der Waals surface area contributed by atoms with Gasteiger partial charge >= 0.3 is 0 Å². The highest BCUT2D eigenvalue weighted by Gasteiger charge is 1.94. The molecule has 0 radical (unpaired) electrons. The second-order valence-electron chi connectivity index (χ2n) is 12.7. The summed E-state index contributed by atoms with van der Waals surface area (Å²) < 4.78 is 0. The molecule has 0 nitrogen and oxygen atoms in total.